The fourth-order valence-electron chi connectivity index (χ4n) is 3.82. The molecule has 194 valence electrons. The Bertz CT molecular complexity index is 678. The summed E-state index contributed by atoms with van der Waals surface area (Å²) < 4.78 is 10.6. The van der Waals surface area contributed by atoms with Crippen molar-refractivity contribution in [2.45, 2.75) is 122 Å². The number of hydrogen-bond donors (Lipinski definition) is 0. The molecular formula is C28H44Cl2O4. The van der Waals surface area contributed by atoms with Gasteiger partial charge in [-0.2, -0.15) is 0 Å². The quantitative estimate of drug-likeness (QED) is 0.0929. The number of hydrogen-bond acceptors (Lipinski definition) is 4. The third kappa shape index (κ3) is 17.2. The minimum Gasteiger partial charge on any atom is -0.466 e. The summed E-state index contributed by atoms with van der Waals surface area (Å²) in [5.74, 6) is -0.0631. The third-order valence-corrected chi connectivity index (χ3v) is 6.44. The zero-order chi connectivity index (χ0) is 24.9. The predicted molar refractivity (Wildman–Crippen MR) is 142 cm³/mol. The summed E-state index contributed by atoms with van der Waals surface area (Å²) in [6, 6.07) is 4.81. The first-order valence-corrected chi connectivity index (χ1v) is 14.1. The van der Waals surface area contributed by atoms with E-state index in [-0.39, 0.29) is 11.9 Å². The number of esters is 2. The lowest BCUT2D eigenvalue weighted by Gasteiger charge is -2.07. The Hall–Kier alpha value is -1.26. The van der Waals surface area contributed by atoms with Gasteiger partial charge < -0.3 is 9.47 Å². The highest BCUT2D eigenvalue weighted by atomic mass is 35.5. The SMILES string of the molecule is CCCCCCCCCCCCOC(=O)CCCCCCCCC(=O)Oc1cc(Cl)ccc1Cl. The highest BCUT2D eigenvalue weighted by Crippen LogP contribution is 2.28. The van der Waals surface area contributed by atoms with Crippen LogP contribution in [0.25, 0.3) is 0 Å². The predicted octanol–water partition coefficient (Wildman–Crippen LogP) is 9.48. The van der Waals surface area contributed by atoms with Gasteiger partial charge in [0, 0.05) is 23.9 Å². The van der Waals surface area contributed by atoms with Crippen molar-refractivity contribution in [3.63, 3.8) is 0 Å². The molecule has 6 heteroatoms. The Morgan fingerprint density at radius 1 is 0.676 bits per heavy atom. The van der Waals surface area contributed by atoms with Crippen molar-refractivity contribution in [3.05, 3.63) is 28.2 Å². The van der Waals surface area contributed by atoms with E-state index in [1.165, 1.54) is 51.4 Å². The van der Waals surface area contributed by atoms with Gasteiger partial charge >= 0.3 is 11.9 Å². The summed E-state index contributed by atoms with van der Waals surface area (Å²) in [6.45, 7) is 2.81. The number of benzene rings is 1. The van der Waals surface area contributed by atoms with Gasteiger partial charge in [-0.05, 0) is 31.4 Å². The lowest BCUT2D eigenvalue weighted by Crippen LogP contribution is -2.07. The summed E-state index contributed by atoms with van der Waals surface area (Å²) in [5, 5.41) is 0.856. The topological polar surface area (TPSA) is 52.6 Å². The number of rotatable bonds is 21. The van der Waals surface area contributed by atoms with Gasteiger partial charge in [0.1, 0.15) is 0 Å². The van der Waals surface area contributed by atoms with E-state index in [4.69, 9.17) is 32.7 Å². The molecule has 0 radical (unpaired) electrons. The van der Waals surface area contributed by atoms with E-state index < -0.39 is 0 Å². The first kappa shape index (κ1) is 30.8. The largest absolute Gasteiger partial charge is 0.466 e. The van der Waals surface area contributed by atoms with Crippen LogP contribution in [0, 0.1) is 0 Å². The van der Waals surface area contributed by atoms with E-state index >= 15 is 0 Å². The van der Waals surface area contributed by atoms with Gasteiger partial charge in [-0.3, -0.25) is 9.59 Å². The molecule has 0 amide bonds. The summed E-state index contributed by atoms with van der Waals surface area (Å²) in [6.07, 6.45) is 19.4. The van der Waals surface area contributed by atoms with Crippen LogP contribution in [-0.2, 0) is 14.3 Å². The van der Waals surface area contributed by atoms with E-state index in [0.29, 0.717) is 35.2 Å². The Morgan fingerprint density at radius 3 is 1.76 bits per heavy atom. The van der Waals surface area contributed by atoms with Crippen molar-refractivity contribution in [1.82, 2.24) is 0 Å². The minimum absolute atomic E-state index is 0.0710. The molecular weight excluding hydrogens is 471 g/mol. The molecule has 0 aliphatic heterocycles. The van der Waals surface area contributed by atoms with E-state index in [9.17, 15) is 9.59 Å². The molecule has 0 saturated heterocycles. The molecule has 34 heavy (non-hydrogen) atoms. The summed E-state index contributed by atoms with van der Waals surface area (Å²) in [7, 11) is 0. The zero-order valence-corrected chi connectivity index (χ0v) is 22.6. The van der Waals surface area contributed by atoms with Gasteiger partial charge in [-0.1, -0.05) is 114 Å². The molecule has 0 fully saturated rings. The molecule has 0 N–H and O–H groups in total. The second-order valence-corrected chi connectivity index (χ2v) is 9.92. The molecule has 4 nitrogen and oxygen atoms in total. The second-order valence-electron chi connectivity index (χ2n) is 9.07. The van der Waals surface area contributed by atoms with Crippen LogP contribution < -0.4 is 4.74 Å². The van der Waals surface area contributed by atoms with Crippen molar-refractivity contribution in [1.29, 1.82) is 0 Å². The average Bonchev–Trinajstić information content (AvgIpc) is 2.81. The summed E-state index contributed by atoms with van der Waals surface area (Å²) >= 11 is 11.9. The number of unbranched alkanes of at least 4 members (excludes halogenated alkanes) is 14. The van der Waals surface area contributed by atoms with Gasteiger partial charge in [-0.15, -0.1) is 0 Å². The van der Waals surface area contributed by atoms with E-state index in [2.05, 4.69) is 6.92 Å². The van der Waals surface area contributed by atoms with E-state index in [0.717, 1.165) is 51.4 Å². The van der Waals surface area contributed by atoms with Crippen LogP contribution >= 0.6 is 23.2 Å². The number of carbonyl (C=O) groups is 2. The van der Waals surface area contributed by atoms with Gasteiger partial charge in [0.05, 0.1) is 11.6 Å². The highest BCUT2D eigenvalue weighted by molar-refractivity contribution is 6.34. The van der Waals surface area contributed by atoms with E-state index in [1.54, 1.807) is 18.2 Å². The summed E-state index contributed by atoms with van der Waals surface area (Å²) in [4.78, 5) is 23.7. The Balaban J connectivity index is 1.86. The summed E-state index contributed by atoms with van der Waals surface area (Å²) in [5.41, 5.74) is 0. The third-order valence-electron chi connectivity index (χ3n) is 5.89. The van der Waals surface area contributed by atoms with Crippen LogP contribution in [0.15, 0.2) is 18.2 Å². The minimum atomic E-state index is -0.297. The standard InChI is InChI=1S/C28H44Cl2O4/c1-2-3-4-5-6-7-8-11-14-17-22-33-27(31)18-15-12-9-10-13-16-19-28(32)34-26-23-24(29)20-21-25(26)30/h20-21,23H,2-19,22H2,1H3. The smallest absolute Gasteiger partial charge is 0.311 e. The maximum atomic E-state index is 11.9. The van der Waals surface area contributed by atoms with Gasteiger partial charge in [0.15, 0.2) is 5.75 Å². The first-order valence-electron chi connectivity index (χ1n) is 13.3. The van der Waals surface area contributed by atoms with Gasteiger partial charge in [0.25, 0.3) is 0 Å². The number of carbonyl (C=O) groups excluding carboxylic acids is 2. The van der Waals surface area contributed by atoms with Crippen LogP contribution in [0.1, 0.15) is 122 Å². The maximum Gasteiger partial charge on any atom is 0.311 e. The molecule has 1 aromatic rings. The molecule has 0 aromatic heterocycles. The molecule has 0 heterocycles. The maximum absolute atomic E-state index is 11.9. The van der Waals surface area contributed by atoms with Crippen molar-refractivity contribution in [3.8, 4) is 5.75 Å². The molecule has 0 spiro atoms. The molecule has 0 atom stereocenters. The first-order chi connectivity index (χ1) is 16.5. The highest BCUT2D eigenvalue weighted by Gasteiger charge is 2.09. The molecule has 0 saturated carbocycles. The molecule has 1 aromatic carbocycles. The monoisotopic (exact) mass is 514 g/mol. The Morgan fingerprint density at radius 2 is 1.18 bits per heavy atom. The number of ether oxygens (including phenoxy) is 2. The molecule has 0 unspecified atom stereocenters. The van der Waals surface area contributed by atoms with Crippen molar-refractivity contribution < 1.29 is 19.1 Å². The van der Waals surface area contributed by atoms with Crippen LogP contribution in [0.4, 0.5) is 0 Å². The van der Waals surface area contributed by atoms with Crippen molar-refractivity contribution in [2.75, 3.05) is 6.61 Å². The molecule has 1 rings (SSSR count). The molecule has 0 aliphatic rings. The van der Waals surface area contributed by atoms with Crippen LogP contribution in [0.5, 0.6) is 5.75 Å². The molecule has 0 bridgehead atoms. The normalized spacial score (nSPS) is 10.9. The Labute approximate surface area is 217 Å². The van der Waals surface area contributed by atoms with Crippen LogP contribution in [-0.4, -0.2) is 18.5 Å². The van der Waals surface area contributed by atoms with Crippen molar-refractivity contribution >= 4 is 35.1 Å². The average molecular weight is 516 g/mol. The fraction of sp³-hybridized carbons (Fsp3) is 0.714. The van der Waals surface area contributed by atoms with Crippen molar-refractivity contribution in [2.24, 2.45) is 0 Å². The molecule has 0 aliphatic carbocycles. The van der Waals surface area contributed by atoms with Crippen LogP contribution in [0.3, 0.4) is 0 Å². The Kier molecular flexibility index (Phi) is 19.1. The zero-order valence-electron chi connectivity index (χ0n) is 21.1. The van der Waals surface area contributed by atoms with E-state index in [1.807, 2.05) is 0 Å². The van der Waals surface area contributed by atoms with Gasteiger partial charge in [-0.25, -0.2) is 0 Å². The second kappa shape index (κ2) is 21.1. The van der Waals surface area contributed by atoms with Crippen LogP contribution in [0.2, 0.25) is 10.0 Å². The lowest BCUT2D eigenvalue weighted by atomic mass is 10.1. The van der Waals surface area contributed by atoms with Gasteiger partial charge in [0.2, 0.25) is 0 Å². The number of halogens is 2. The fourth-order valence-corrected chi connectivity index (χ4v) is 4.14. The lowest BCUT2D eigenvalue weighted by molar-refractivity contribution is -0.144.